The highest BCUT2D eigenvalue weighted by atomic mass is 16.3. The molecule has 1 amide bonds. The summed E-state index contributed by atoms with van der Waals surface area (Å²) in [5.74, 6) is -0.132. The fraction of sp³-hybridized carbons (Fsp3) is 0.188. The lowest BCUT2D eigenvalue weighted by molar-refractivity contribution is 0.102. The summed E-state index contributed by atoms with van der Waals surface area (Å²) in [6.07, 6.45) is 2.13. The number of aryl methyl sites for hydroxylation is 1. The molecule has 1 heterocycles. The third-order valence-corrected chi connectivity index (χ3v) is 3.43. The number of phenolic OH excluding ortho intramolecular Hbond substituents is 1. The fourth-order valence-electron chi connectivity index (χ4n) is 2.46. The van der Waals surface area contributed by atoms with E-state index in [2.05, 4.69) is 16.7 Å². The Bertz CT molecular complexity index is 653. The summed E-state index contributed by atoms with van der Waals surface area (Å²) in [6.45, 7) is 0.923. The summed E-state index contributed by atoms with van der Waals surface area (Å²) in [7, 11) is 0. The number of aromatic hydroxyl groups is 1. The fourth-order valence-corrected chi connectivity index (χ4v) is 2.46. The summed E-state index contributed by atoms with van der Waals surface area (Å²) in [6, 6.07) is 12.2. The van der Waals surface area contributed by atoms with E-state index in [-0.39, 0.29) is 11.7 Å². The first-order valence-corrected chi connectivity index (χ1v) is 6.70. The van der Waals surface area contributed by atoms with Crippen LogP contribution in [-0.2, 0) is 6.42 Å². The molecule has 3 N–H and O–H groups in total. The van der Waals surface area contributed by atoms with Crippen LogP contribution in [0, 0.1) is 0 Å². The maximum Gasteiger partial charge on any atom is 0.255 e. The maximum atomic E-state index is 12.2. The zero-order chi connectivity index (χ0) is 13.9. The van der Waals surface area contributed by atoms with Crippen molar-refractivity contribution >= 4 is 17.3 Å². The molecule has 1 aliphatic heterocycles. The Balaban J connectivity index is 1.86. The van der Waals surface area contributed by atoms with Gasteiger partial charge in [0.25, 0.3) is 5.91 Å². The highest BCUT2D eigenvalue weighted by Gasteiger charge is 2.14. The number of hydrogen-bond donors (Lipinski definition) is 3. The molecule has 0 aromatic heterocycles. The molecule has 3 rings (SSSR count). The van der Waals surface area contributed by atoms with Crippen molar-refractivity contribution in [3.63, 3.8) is 0 Å². The van der Waals surface area contributed by atoms with E-state index in [0.29, 0.717) is 5.56 Å². The van der Waals surface area contributed by atoms with Crippen LogP contribution >= 0.6 is 0 Å². The highest BCUT2D eigenvalue weighted by molar-refractivity contribution is 6.06. The van der Waals surface area contributed by atoms with Gasteiger partial charge in [-0.3, -0.25) is 4.79 Å². The number of nitrogens with one attached hydrogen (secondary N) is 2. The van der Waals surface area contributed by atoms with E-state index in [4.69, 9.17) is 0 Å². The lowest BCUT2D eigenvalue weighted by Gasteiger charge is -2.21. The first kappa shape index (κ1) is 12.5. The number of phenols is 1. The second kappa shape index (κ2) is 5.25. The predicted octanol–water partition coefficient (Wildman–Crippen LogP) is 3.00. The Morgan fingerprint density at radius 1 is 1.20 bits per heavy atom. The SMILES string of the molecule is O=C(Nc1cccc2c1NCCC2)c1cccc(O)c1. The van der Waals surface area contributed by atoms with Crippen LogP contribution in [0.5, 0.6) is 5.75 Å². The van der Waals surface area contributed by atoms with Crippen LogP contribution in [0.15, 0.2) is 42.5 Å². The molecule has 20 heavy (non-hydrogen) atoms. The molecule has 0 fully saturated rings. The van der Waals surface area contributed by atoms with Gasteiger partial charge in [-0.15, -0.1) is 0 Å². The third kappa shape index (κ3) is 2.45. The van der Waals surface area contributed by atoms with Gasteiger partial charge >= 0.3 is 0 Å². The number of para-hydroxylation sites is 1. The summed E-state index contributed by atoms with van der Waals surface area (Å²) in [5, 5.41) is 15.7. The number of rotatable bonds is 2. The predicted molar refractivity (Wildman–Crippen MR) is 79.3 cm³/mol. The van der Waals surface area contributed by atoms with Gasteiger partial charge in [0, 0.05) is 12.1 Å². The number of carbonyl (C=O) groups is 1. The Labute approximate surface area is 117 Å². The van der Waals surface area contributed by atoms with E-state index in [1.807, 2.05) is 12.1 Å². The van der Waals surface area contributed by atoms with Crippen LogP contribution in [0.2, 0.25) is 0 Å². The average Bonchev–Trinajstić information content (AvgIpc) is 2.47. The van der Waals surface area contributed by atoms with Crippen molar-refractivity contribution in [2.24, 2.45) is 0 Å². The monoisotopic (exact) mass is 268 g/mol. The van der Waals surface area contributed by atoms with E-state index in [1.165, 1.54) is 11.6 Å². The van der Waals surface area contributed by atoms with Crippen molar-refractivity contribution < 1.29 is 9.90 Å². The minimum Gasteiger partial charge on any atom is -0.508 e. The normalized spacial score (nSPS) is 13.2. The summed E-state index contributed by atoms with van der Waals surface area (Å²) < 4.78 is 0. The van der Waals surface area contributed by atoms with Crippen molar-refractivity contribution in [3.05, 3.63) is 53.6 Å². The molecule has 2 aromatic carbocycles. The van der Waals surface area contributed by atoms with Gasteiger partial charge in [0.2, 0.25) is 0 Å². The van der Waals surface area contributed by atoms with E-state index < -0.39 is 0 Å². The largest absolute Gasteiger partial charge is 0.508 e. The van der Waals surface area contributed by atoms with Gasteiger partial charge < -0.3 is 15.7 Å². The second-order valence-corrected chi connectivity index (χ2v) is 4.87. The molecular weight excluding hydrogens is 252 g/mol. The minimum atomic E-state index is -0.221. The number of hydrogen-bond acceptors (Lipinski definition) is 3. The quantitative estimate of drug-likeness (QED) is 0.784. The van der Waals surface area contributed by atoms with Gasteiger partial charge in [-0.25, -0.2) is 0 Å². The molecule has 102 valence electrons. The lowest BCUT2D eigenvalue weighted by atomic mass is 10.0. The molecule has 0 unspecified atom stereocenters. The molecule has 0 aliphatic carbocycles. The lowest BCUT2D eigenvalue weighted by Crippen LogP contribution is -2.17. The molecular formula is C16H16N2O2. The second-order valence-electron chi connectivity index (χ2n) is 4.87. The van der Waals surface area contributed by atoms with E-state index in [1.54, 1.807) is 18.2 Å². The third-order valence-electron chi connectivity index (χ3n) is 3.43. The van der Waals surface area contributed by atoms with Gasteiger partial charge in [0.1, 0.15) is 5.75 Å². The Hall–Kier alpha value is -2.49. The number of benzene rings is 2. The van der Waals surface area contributed by atoms with Crippen LogP contribution in [-0.4, -0.2) is 17.6 Å². The molecule has 4 nitrogen and oxygen atoms in total. The molecule has 0 radical (unpaired) electrons. The zero-order valence-electron chi connectivity index (χ0n) is 11.0. The molecule has 4 heteroatoms. The van der Waals surface area contributed by atoms with Gasteiger partial charge in [-0.2, -0.15) is 0 Å². The molecule has 0 saturated heterocycles. The maximum absolute atomic E-state index is 12.2. The smallest absolute Gasteiger partial charge is 0.255 e. The van der Waals surface area contributed by atoms with Crippen LogP contribution in [0.3, 0.4) is 0 Å². The van der Waals surface area contributed by atoms with Gasteiger partial charge in [0.15, 0.2) is 0 Å². The van der Waals surface area contributed by atoms with Crippen LogP contribution in [0.1, 0.15) is 22.3 Å². The van der Waals surface area contributed by atoms with E-state index in [9.17, 15) is 9.90 Å². The molecule has 2 aromatic rings. The zero-order valence-corrected chi connectivity index (χ0v) is 11.0. The van der Waals surface area contributed by atoms with Gasteiger partial charge in [0.05, 0.1) is 11.4 Å². The summed E-state index contributed by atoms with van der Waals surface area (Å²) >= 11 is 0. The topological polar surface area (TPSA) is 61.4 Å². The molecule has 0 atom stereocenters. The summed E-state index contributed by atoms with van der Waals surface area (Å²) in [5.41, 5.74) is 3.46. The number of fused-ring (bicyclic) bond motifs is 1. The Morgan fingerprint density at radius 2 is 2.05 bits per heavy atom. The standard InChI is InChI=1S/C16H16N2O2/c19-13-7-1-5-12(10-13)16(20)18-14-8-2-4-11-6-3-9-17-15(11)14/h1-2,4-5,7-8,10,17,19H,3,6,9H2,(H,18,20). The number of anilines is 2. The van der Waals surface area contributed by atoms with Gasteiger partial charge in [-0.1, -0.05) is 18.2 Å². The van der Waals surface area contributed by atoms with Crippen molar-refractivity contribution in [2.75, 3.05) is 17.2 Å². The van der Waals surface area contributed by atoms with E-state index >= 15 is 0 Å². The van der Waals surface area contributed by atoms with Crippen molar-refractivity contribution in [3.8, 4) is 5.75 Å². The van der Waals surface area contributed by atoms with Crippen LogP contribution < -0.4 is 10.6 Å². The molecule has 0 spiro atoms. The summed E-state index contributed by atoms with van der Waals surface area (Å²) in [4.78, 5) is 12.2. The van der Waals surface area contributed by atoms with E-state index in [0.717, 1.165) is 30.8 Å². The Morgan fingerprint density at radius 3 is 2.90 bits per heavy atom. The van der Waals surface area contributed by atoms with Gasteiger partial charge in [-0.05, 0) is 42.7 Å². The first-order chi connectivity index (χ1) is 9.74. The highest BCUT2D eigenvalue weighted by Crippen LogP contribution is 2.30. The first-order valence-electron chi connectivity index (χ1n) is 6.70. The average molecular weight is 268 g/mol. The van der Waals surface area contributed by atoms with Crippen molar-refractivity contribution in [1.82, 2.24) is 0 Å². The minimum absolute atomic E-state index is 0.0888. The number of amides is 1. The molecule has 0 bridgehead atoms. The molecule has 1 aliphatic rings. The molecule has 0 saturated carbocycles. The van der Waals surface area contributed by atoms with Crippen LogP contribution in [0.25, 0.3) is 0 Å². The van der Waals surface area contributed by atoms with Crippen molar-refractivity contribution in [1.29, 1.82) is 0 Å². The van der Waals surface area contributed by atoms with Crippen molar-refractivity contribution in [2.45, 2.75) is 12.8 Å². The Kier molecular flexibility index (Phi) is 3.29. The number of carbonyl (C=O) groups excluding carboxylic acids is 1. The van der Waals surface area contributed by atoms with Crippen LogP contribution in [0.4, 0.5) is 11.4 Å².